The smallest absolute Gasteiger partial charge is 0.472 e. The number of nitrogens with one attached hydrogen (secondary N) is 2. The van der Waals surface area contributed by atoms with Crippen LogP contribution in [0, 0.1) is 0 Å². The average molecular weight is 1470 g/mol. The van der Waals surface area contributed by atoms with Crippen LogP contribution in [0.4, 0.5) is 65.9 Å². The van der Waals surface area contributed by atoms with E-state index in [1.54, 1.807) is 90.4 Å². The van der Waals surface area contributed by atoms with Crippen molar-refractivity contribution in [3.05, 3.63) is 151 Å². The van der Waals surface area contributed by atoms with Gasteiger partial charge in [-0.05, 0) is 60.7 Å². The van der Waals surface area contributed by atoms with Crippen LogP contribution in [0.15, 0.2) is 161 Å². The number of aromatic nitrogens is 8. The lowest BCUT2D eigenvalue weighted by atomic mass is 10.2. The van der Waals surface area contributed by atoms with E-state index in [4.69, 9.17) is 45.8 Å². The molecule has 3 N–H and O–H groups in total. The number of benzene rings is 5. The van der Waals surface area contributed by atoms with E-state index in [0.717, 1.165) is 0 Å². The summed E-state index contributed by atoms with van der Waals surface area (Å²) in [6, 6.07) is 31.9. The number of halogens is 15. The SMILES string of the molecule is COc1cccc2cc(-c3nnc(C(F)(F)F)o3)oc12.COc1cccc2cc(C(=O)NNC(=O)C(F)(F)F)oc12.COc1cccc2oc(-c3nnc(C(F)(F)F)o3)cc12.FC(F)(F)c1nnc(-c2cc3c(OC[C@@H]4CO4)cccc3o2)o1.Oc1cccc2oc(-c3nnc(C(F)(F)F)o3)cc12. The first-order chi connectivity index (χ1) is 48.8. The molecule has 10 heterocycles. The van der Waals surface area contributed by atoms with Crippen LogP contribution >= 0.6 is 0 Å². The number of aromatic hydroxyl groups is 1. The van der Waals surface area contributed by atoms with E-state index in [2.05, 4.69) is 58.5 Å². The Morgan fingerprint density at radius 3 is 1.21 bits per heavy atom. The number of phenols is 1. The van der Waals surface area contributed by atoms with Crippen LogP contribution in [-0.2, 0) is 34.2 Å². The number of nitrogens with zero attached hydrogens (tertiary/aromatic N) is 8. The topological polar surface area (TPSA) is 349 Å². The van der Waals surface area contributed by atoms with Gasteiger partial charge in [0, 0.05) is 29.0 Å². The van der Waals surface area contributed by atoms with Gasteiger partial charge < -0.3 is 68.5 Å². The molecule has 0 bridgehead atoms. The molecule has 0 radical (unpaired) electrons. The summed E-state index contributed by atoms with van der Waals surface area (Å²) in [7, 11) is 4.35. The quantitative estimate of drug-likeness (QED) is 0.0615. The van der Waals surface area contributed by atoms with E-state index in [1.807, 2.05) is 0 Å². The largest absolute Gasteiger partial charge is 0.507 e. The second-order valence-corrected chi connectivity index (χ2v) is 20.4. The van der Waals surface area contributed by atoms with Crippen molar-refractivity contribution in [2.75, 3.05) is 34.5 Å². The highest BCUT2D eigenvalue weighted by molar-refractivity contribution is 5.98. The standard InChI is InChI=1S/C14H9F3N2O4.C12H9F3N2O4.2C12H7F3N2O3.C11H5F3N2O3/c15-14(16,17)13-19-18-12(23-13)11-4-8-9(21-6-7-5-20-7)2-1-3-10(8)22-11;1-20-7-4-2-3-6-5-8(21-9(6)7)10(18)16-17-11(19)12(13,14)15;1-18-7-3-2-4-8-6(7)5-9(19-8)10-16-17-11(20-10)12(13,14)15;1-18-7-4-2-3-6-5-8(19-9(6)7)10-16-17-11(20-10)12(13,14)15;12-11(13,14)10-16-15-9(19-10)8-4-5-6(17)2-1-3-7(5)18-8/h1-4,7H,5-6H2;2-5H,1H3,(H,16,18)(H,17,19);2*2-5H,1H3;1-4,17H/t7-;;;;/m0..../s1. The maximum Gasteiger partial charge on any atom is 0.472 e. The van der Waals surface area contributed by atoms with Crippen LogP contribution in [0.2, 0.25) is 0 Å². The molecule has 1 saturated heterocycles. The number of carbonyl (C=O) groups excluding carboxylic acids is 2. The van der Waals surface area contributed by atoms with Gasteiger partial charge in [-0.15, -0.1) is 40.8 Å². The highest BCUT2D eigenvalue weighted by Crippen LogP contribution is 2.41. The van der Waals surface area contributed by atoms with Gasteiger partial charge in [0.15, 0.2) is 51.5 Å². The Labute approximate surface area is 558 Å². The molecule has 0 saturated carbocycles. The number of epoxide rings is 1. The number of phenolic OH excluding ortho intramolecular Hbond substituents is 1. The van der Waals surface area contributed by atoms with Crippen molar-refractivity contribution in [2.45, 2.75) is 37.0 Å². The molecule has 1 atom stereocenters. The van der Waals surface area contributed by atoms with Crippen LogP contribution in [0.5, 0.6) is 28.7 Å². The molecular formula is C61H37F15N10O17. The molecule has 103 heavy (non-hydrogen) atoms. The maximum absolute atomic E-state index is 12.5. The molecule has 14 aromatic rings. The van der Waals surface area contributed by atoms with E-state index in [9.17, 15) is 80.6 Å². The zero-order valence-corrected chi connectivity index (χ0v) is 51.3. The van der Waals surface area contributed by atoms with Gasteiger partial charge in [0.1, 0.15) is 46.7 Å². The van der Waals surface area contributed by atoms with Gasteiger partial charge in [-0.3, -0.25) is 20.4 Å². The Morgan fingerprint density at radius 2 is 0.806 bits per heavy atom. The summed E-state index contributed by atoms with van der Waals surface area (Å²) in [5.74, 6) is -8.75. The van der Waals surface area contributed by atoms with E-state index in [0.29, 0.717) is 85.5 Å². The second kappa shape index (κ2) is 28.4. The van der Waals surface area contributed by atoms with E-state index in [-0.39, 0.29) is 63.9 Å². The number of hydrazine groups is 1. The summed E-state index contributed by atoms with van der Waals surface area (Å²) in [4.78, 5) is 22.2. The minimum atomic E-state index is -5.09. The molecule has 27 nitrogen and oxygen atoms in total. The highest BCUT2D eigenvalue weighted by Gasteiger charge is 2.42. The fourth-order valence-electron chi connectivity index (χ4n) is 8.69. The molecule has 1 aliphatic heterocycles. The van der Waals surface area contributed by atoms with E-state index >= 15 is 0 Å². The number of alkyl halides is 15. The van der Waals surface area contributed by atoms with Gasteiger partial charge >= 0.3 is 66.3 Å². The minimum Gasteiger partial charge on any atom is -0.507 e. The van der Waals surface area contributed by atoms with Crippen LogP contribution < -0.4 is 29.8 Å². The Balaban J connectivity index is 0.000000129. The average Bonchev–Trinajstić information content (AvgIpc) is 1.67. The number of amides is 2. The lowest BCUT2D eigenvalue weighted by molar-refractivity contribution is -0.174. The number of methoxy groups -OCH3 is 3. The predicted octanol–water partition coefficient (Wildman–Crippen LogP) is 15.3. The number of rotatable bonds is 11. The molecule has 0 spiro atoms. The first-order valence-corrected chi connectivity index (χ1v) is 28.3. The lowest BCUT2D eigenvalue weighted by Gasteiger charge is -2.07. The van der Waals surface area contributed by atoms with Crippen LogP contribution in [0.1, 0.15) is 34.1 Å². The molecule has 0 aliphatic carbocycles. The Hall–Kier alpha value is -12.8. The van der Waals surface area contributed by atoms with Crippen molar-refractivity contribution in [1.82, 2.24) is 51.6 Å². The number of fused-ring (bicyclic) bond motifs is 5. The number of ether oxygens (including phenoxy) is 5. The molecule has 2 amide bonds. The third-order valence-electron chi connectivity index (χ3n) is 13.4. The molecule has 1 fully saturated rings. The number of hydrogen-bond donors (Lipinski definition) is 3. The van der Waals surface area contributed by atoms with Gasteiger partial charge in [-0.1, -0.05) is 42.5 Å². The van der Waals surface area contributed by atoms with Crippen molar-refractivity contribution in [3.63, 3.8) is 0 Å². The predicted molar refractivity (Wildman–Crippen MR) is 312 cm³/mol. The Bertz CT molecular complexity index is 5190. The van der Waals surface area contributed by atoms with Crippen LogP contribution in [-0.4, -0.2) is 105 Å². The summed E-state index contributed by atoms with van der Waals surface area (Å²) in [6.45, 7) is 1.06. The monoisotopic (exact) mass is 1470 g/mol. The molecule has 15 rings (SSSR count). The number of hydrogen-bond acceptors (Lipinski definition) is 25. The molecule has 538 valence electrons. The summed E-state index contributed by atoms with van der Waals surface area (Å²) in [5.41, 5.74) is 4.72. The fourth-order valence-corrected chi connectivity index (χ4v) is 8.69. The van der Waals surface area contributed by atoms with Gasteiger partial charge in [-0.25, -0.2) is 0 Å². The van der Waals surface area contributed by atoms with Gasteiger partial charge in [0.2, 0.25) is 0 Å². The summed E-state index contributed by atoms with van der Waals surface area (Å²) in [5, 5.41) is 37.4. The highest BCUT2D eigenvalue weighted by atomic mass is 19.4. The van der Waals surface area contributed by atoms with Crippen LogP contribution in [0.25, 0.3) is 101 Å². The van der Waals surface area contributed by atoms with E-state index < -0.39 is 72.1 Å². The van der Waals surface area contributed by atoms with Gasteiger partial charge in [0.05, 0.1) is 44.1 Å². The van der Waals surface area contributed by atoms with Gasteiger partial charge in [0.25, 0.3) is 23.6 Å². The Kier molecular flexibility index (Phi) is 19.7. The van der Waals surface area contributed by atoms with Crippen LogP contribution in [0.3, 0.4) is 0 Å². The summed E-state index contributed by atoms with van der Waals surface area (Å²) >= 11 is 0. The maximum atomic E-state index is 12.5. The van der Waals surface area contributed by atoms with Crippen molar-refractivity contribution in [1.29, 1.82) is 0 Å². The van der Waals surface area contributed by atoms with Crippen molar-refractivity contribution >= 4 is 66.7 Å². The zero-order valence-electron chi connectivity index (χ0n) is 51.3. The number of carbonyl (C=O) groups is 2. The summed E-state index contributed by atoms with van der Waals surface area (Å²) < 4.78 is 256. The Morgan fingerprint density at radius 1 is 0.437 bits per heavy atom. The summed E-state index contributed by atoms with van der Waals surface area (Å²) in [6.07, 6.45) is -23.8. The zero-order chi connectivity index (χ0) is 73.9. The van der Waals surface area contributed by atoms with Crippen molar-refractivity contribution in [3.8, 4) is 75.4 Å². The lowest BCUT2D eigenvalue weighted by Crippen LogP contribution is -2.47. The molecule has 0 unspecified atom stereocenters. The van der Waals surface area contributed by atoms with Crippen molar-refractivity contribution < 1.29 is 144 Å². The number of furan rings is 5. The van der Waals surface area contributed by atoms with Crippen molar-refractivity contribution in [2.24, 2.45) is 0 Å². The van der Waals surface area contributed by atoms with Gasteiger partial charge in [-0.2, -0.15) is 65.9 Å². The molecular weight excluding hydrogens is 1430 g/mol. The fraction of sp³-hybridized carbons (Fsp3) is 0.180. The second-order valence-electron chi connectivity index (χ2n) is 20.4. The first-order valence-electron chi connectivity index (χ1n) is 28.3. The number of para-hydroxylation sites is 2. The first kappa shape index (κ1) is 71.5. The normalized spacial score (nSPS) is 13.1. The molecule has 5 aromatic carbocycles. The molecule has 42 heteroatoms. The third kappa shape index (κ3) is 16.6. The minimum absolute atomic E-state index is 0.0421. The molecule has 9 aromatic heterocycles. The van der Waals surface area contributed by atoms with E-state index in [1.165, 1.54) is 63.2 Å². The third-order valence-corrected chi connectivity index (χ3v) is 13.4. The molecule has 1 aliphatic rings.